The van der Waals surface area contributed by atoms with Gasteiger partial charge in [-0.2, -0.15) is 4.72 Å². The SMILES string of the molecule is CCC[C@H](C)NC(=O)[C@@H](C)NS(=O)(=O)c1ccc(OCC)cc1. The fourth-order valence-corrected chi connectivity index (χ4v) is 3.31. The second-order valence-electron chi connectivity index (χ2n) is 5.45. The number of amides is 1. The summed E-state index contributed by atoms with van der Waals surface area (Å²) in [5.74, 6) is 0.270. The monoisotopic (exact) mass is 342 g/mol. The first-order valence-electron chi connectivity index (χ1n) is 7.85. The van der Waals surface area contributed by atoms with Gasteiger partial charge in [-0.15, -0.1) is 0 Å². The Hall–Kier alpha value is -1.60. The van der Waals surface area contributed by atoms with Crippen LogP contribution >= 0.6 is 0 Å². The largest absolute Gasteiger partial charge is 0.494 e. The predicted octanol–water partition coefficient (Wildman–Crippen LogP) is 2.06. The van der Waals surface area contributed by atoms with Crippen molar-refractivity contribution in [2.75, 3.05) is 6.61 Å². The van der Waals surface area contributed by atoms with E-state index in [-0.39, 0.29) is 16.8 Å². The number of sulfonamides is 1. The van der Waals surface area contributed by atoms with Crippen LogP contribution in [0.2, 0.25) is 0 Å². The van der Waals surface area contributed by atoms with Crippen molar-refractivity contribution in [1.82, 2.24) is 10.0 Å². The average Bonchev–Trinajstić information content (AvgIpc) is 2.47. The van der Waals surface area contributed by atoms with Crippen molar-refractivity contribution in [3.63, 3.8) is 0 Å². The first-order valence-corrected chi connectivity index (χ1v) is 9.34. The van der Waals surface area contributed by atoms with Crippen LogP contribution in [0.3, 0.4) is 0 Å². The number of rotatable bonds is 9. The summed E-state index contributed by atoms with van der Waals surface area (Å²) in [6.07, 6.45) is 1.80. The molecule has 0 saturated heterocycles. The molecule has 7 heteroatoms. The van der Waals surface area contributed by atoms with Gasteiger partial charge in [-0.3, -0.25) is 4.79 Å². The molecule has 2 N–H and O–H groups in total. The summed E-state index contributed by atoms with van der Waals surface area (Å²) in [6.45, 7) is 7.82. The molecule has 0 heterocycles. The zero-order chi connectivity index (χ0) is 17.5. The average molecular weight is 342 g/mol. The molecule has 1 aromatic rings. The van der Waals surface area contributed by atoms with Crippen molar-refractivity contribution < 1.29 is 17.9 Å². The number of nitrogens with one attached hydrogen (secondary N) is 2. The van der Waals surface area contributed by atoms with Crippen molar-refractivity contribution in [2.24, 2.45) is 0 Å². The molecular formula is C16H26N2O4S. The first kappa shape index (κ1) is 19.4. The zero-order valence-electron chi connectivity index (χ0n) is 14.1. The van der Waals surface area contributed by atoms with Crippen LogP contribution in [0.1, 0.15) is 40.5 Å². The highest BCUT2D eigenvalue weighted by Gasteiger charge is 2.22. The van der Waals surface area contributed by atoms with Crippen molar-refractivity contribution in [3.05, 3.63) is 24.3 Å². The van der Waals surface area contributed by atoms with Gasteiger partial charge in [0.05, 0.1) is 17.5 Å². The van der Waals surface area contributed by atoms with E-state index in [9.17, 15) is 13.2 Å². The Bertz CT molecular complexity index is 599. The lowest BCUT2D eigenvalue weighted by atomic mass is 10.2. The summed E-state index contributed by atoms with van der Waals surface area (Å²) in [6, 6.07) is 5.27. The number of carbonyl (C=O) groups is 1. The Morgan fingerprint density at radius 3 is 2.30 bits per heavy atom. The van der Waals surface area contributed by atoms with Crippen LogP contribution in [0.25, 0.3) is 0 Å². The minimum Gasteiger partial charge on any atom is -0.494 e. The number of hydrogen-bond acceptors (Lipinski definition) is 4. The molecular weight excluding hydrogens is 316 g/mol. The summed E-state index contributed by atoms with van der Waals surface area (Å²) in [7, 11) is -3.75. The maximum absolute atomic E-state index is 12.3. The smallest absolute Gasteiger partial charge is 0.241 e. The van der Waals surface area contributed by atoms with Gasteiger partial charge in [0.2, 0.25) is 15.9 Å². The van der Waals surface area contributed by atoms with E-state index in [1.165, 1.54) is 19.1 Å². The van der Waals surface area contributed by atoms with E-state index in [1.54, 1.807) is 12.1 Å². The number of carbonyl (C=O) groups excluding carboxylic acids is 1. The molecule has 0 aliphatic carbocycles. The van der Waals surface area contributed by atoms with E-state index < -0.39 is 16.1 Å². The van der Waals surface area contributed by atoms with Crippen LogP contribution < -0.4 is 14.8 Å². The standard InChI is InChI=1S/C16H26N2O4S/c1-5-7-12(3)17-16(19)13(4)18-23(20,21)15-10-8-14(9-11-15)22-6-2/h8-13,18H,5-7H2,1-4H3,(H,17,19)/t12-,13+/m0/s1. The second-order valence-corrected chi connectivity index (χ2v) is 7.16. The van der Waals surface area contributed by atoms with Gasteiger partial charge < -0.3 is 10.1 Å². The highest BCUT2D eigenvalue weighted by atomic mass is 32.2. The Morgan fingerprint density at radius 1 is 1.17 bits per heavy atom. The summed E-state index contributed by atoms with van der Waals surface area (Å²) in [5.41, 5.74) is 0. The Labute approximate surface area is 138 Å². The molecule has 1 amide bonds. The molecule has 0 unspecified atom stereocenters. The number of hydrogen-bond donors (Lipinski definition) is 2. The molecule has 0 aromatic heterocycles. The van der Waals surface area contributed by atoms with Gasteiger partial charge in [-0.1, -0.05) is 13.3 Å². The quantitative estimate of drug-likeness (QED) is 0.719. The summed E-state index contributed by atoms with van der Waals surface area (Å²) < 4.78 is 32.3. The van der Waals surface area contributed by atoms with Crippen molar-refractivity contribution in [2.45, 2.75) is 57.5 Å². The molecule has 1 aromatic carbocycles. The van der Waals surface area contributed by atoms with Gasteiger partial charge in [-0.05, 0) is 51.5 Å². The lowest BCUT2D eigenvalue weighted by Crippen LogP contribution is -2.47. The maximum Gasteiger partial charge on any atom is 0.241 e. The van der Waals surface area contributed by atoms with E-state index in [0.29, 0.717) is 12.4 Å². The van der Waals surface area contributed by atoms with Crippen LogP contribution in [0.5, 0.6) is 5.75 Å². The van der Waals surface area contributed by atoms with E-state index in [4.69, 9.17) is 4.74 Å². The van der Waals surface area contributed by atoms with Gasteiger partial charge in [0.15, 0.2) is 0 Å². The van der Waals surface area contributed by atoms with Gasteiger partial charge in [0.1, 0.15) is 5.75 Å². The van der Waals surface area contributed by atoms with Gasteiger partial charge in [-0.25, -0.2) is 8.42 Å². The second kappa shape index (κ2) is 8.88. The van der Waals surface area contributed by atoms with Crippen LogP contribution in [0, 0.1) is 0 Å². The predicted molar refractivity (Wildman–Crippen MR) is 89.9 cm³/mol. The molecule has 0 radical (unpaired) electrons. The molecule has 2 atom stereocenters. The highest BCUT2D eigenvalue weighted by molar-refractivity contribution is 7.89. The lowest BCUT2D eigenvalue weighted by molar-refractivity contribution is -0.123. The lowest BCUT2D eigenvalue weighted by Gasteiger charge is -2.18. The highest BCUT2D eigenvalue weighted by Crippen LogP contribution is 2.16. The van der Waals surface area contributed by atoms with Crippen LogP contribution in [0.15, 0.2) is 29.2 Å². The minimum absolute atomic E-state index is 0.0185. The van der Waals surface area contributed by atoms with E-state index in [0.717, 1.165) is 12.8 Å². The Morgan fingerprint density at radius 2 is 1.78 bits per heavy atom. The zero-order valence-corrected chi connectivity index (χ0v) is 14.9. The third-order valence-electron chi connectivity index (χ3n) is 3.28. The molecule has 0 bridgehead atoms. The third-order valence-corrected chi connectivity index (χ3v) is 4.84. The molecule has 1 rings (SSSR count). The molecule has 0 saturated carbocycles. The van der Waals surface area contributed by atoms with Crippen molar-refractivity contribution in [3.8, 4) is 5.75 Å². The molecule has 130 valence electrons. The normalized spacial score (nSPS) is 14.1. The first-order chi connectivity index (χ1) is 10.8. The fourth-order valence-electron chi connectivity index (χ4n) is 2.11. The van der Waals surface area contributed by atoms with E-state index >= 15 is 0 Å². The van der Waals surface area contributed by atoms with E-state index in [1.807, 2.05) is 20.8 Å². The fraction of sp³-hybridized carbons (Fsp3) is 0.562. The van der Waals surface area contributed by atoms with Crippen LogP contribution in [-0.2, 0) is 14.8 Å². The summed E-state index contributed by atoms with van der Waals surface area (Å²) in [4.78, 5) is 12.1. The molecule has 0 aliphatic heterocycles. The summed E-state index contributed by atoms with van der Waals surface area (Å²) >= 11 is 0. The third kappa shape index (κ3) is 6.19. The summed E-state index contributed by atoms with van der Waals surface area (Å²) in [5, 5.41) is 2.79. The van der Waals surface area contributed by atoms with Gasteiger partial charge >= 0.3 is 0 Å². The molecule has 0 spiro atoms. The molecule has 23 heavy (non-hydrogen) atoms. The topological polar surface area (TPSA) is 84.5 Å². The number of ether oxygens (including phenoxy) is 1. The van der Waals surface area contributed by atoms with Crippen LogP contribution in [-0.4, -0.2) is 33.0 Å². The Balaban J connectivity index is 2.71. The van der Waals surface area contributed by atoms with Crippen molar-refractivity contribution >= 4 is 15.9 Å². The van der Waals surface area contributed by atoms with Crippen LogP contribution in [0.4, 0.5) is 0 Å². The van der Waals surface area contributed by atoms with Gasteiger partial charge in [0, 0.05) is 6.04 Å². The minimum atomic E-state index is -3.75. The maximum atomic E-state index is 12.3. The number of benzene rings is 1. The Kier molecular flexibility index (Phi) is 7.51. The molecule has 0 fully saturated rings. The molecule has 0 aliphatic rings. The van der Waals surface area contributed by atoms with Crippen molar-refractivity contribution in [1.29, 1.82) is 0 Å². The van der Waals surface area contributed by atoms with E-state index in [2.05, 4.69) is 10.0 Å². The molecule has 6 nitrogen and oxygen atoms in total. The van der Waals surface area contributed by atoms with Gasteiger partial charge in [0.25, 0.3) is 0 Å².